The minimum atomic E-state index is -2.43. The van der Waals surface area contributed by atoms with Crippen LogP contribution in [0.2, 0.25) is 0 Å². The molecule has 2 aliphatic rings. The second-order valence-corrected chi connectivity index (χ2v) is 1.84. The third-order valence-corrected chi connectivity index (χ3v) is 0.876. The first kappa shape index (κ1) is 7.67. The first-order valence-electron chi connectivity index (χ1n) is 2.62. The molecule has 0 aromatic rings. The molecule has 2 fully saturated rings. The Morgan fingerprint density at radius 1 is 1.00 bits per heavy atom. The van der Waals surface area contributed by atoms with Crippen LogP contribution in [0.15, 0.2) is 0 Å². The fourth-order valence-electron chi connectivity index (χ4n) is 0.371. The standard InChI is InChI=1S/C3H2O9/c4-1(7-2(5)9-10-2)8-3(6)11-12-3/h5-6H. The summed E-state index contributed by atoms with van der Waals surface area (Å²) in [5, 5.41) is 17.2. The van der Waals surface area contributed by atoms with Crippen molar-refractivity contribution in [3.05, 3.63) is 0 Å². The lowest BCUT2D eigenvalue weighted by atomic mass is 11.1. The Morgan fingerprint density at radius 3 is 1.58 bits per heavy atom. The molecule has 2 N–H and O–H groups in total. The van der Waals surface area contributed by atoms with Gasteiger partial charge in [0.2, 0.25) is 0 Å². The first-order valence-corrected chi connectivity index (χ1v) is 2.62. The molecule has 0 aliphatic carbocycles. The molecule has 0 amide bonds. The predicted octanol–water partition coefficient (Wildman–Crippen LogP) is -1.73. The lowest BCUT2D eigenvalue weighted by Crippen LogP contribution is -2.26. The largest absolute Gasteiger partial charge is 0.520 e. The highest BCUT2D eigenvalue weighted by Crippen LogP contribution is 2.31. The molecular formula is C3H2O9. The maximum Gasteiger partial charge on any atom is 0.520 e. The van der Waals surface area contributed by atoms with Crippen molar-refractivity contribution < 1.29 is 44.0 Å². The quantitative estimate of drug-likeness (QED) is 0.221. The van der Waals surface area contributed by atoms with Crippen LogP contribution in [0.1, 0.15) is 0 Å². The zero-order valence-electron chi connectivity index (χ0n) is 5.25. The van der Waals surface area contributed by atoms with Crippen molar-refractivity contribution in [3.8, 4) is 0 Å². The monoisotopic (exact) mass is 182 g/mol. The number of hydrogen-bond donors (Lipinski definition) is 2. The van der Waals surface area contributed by atoms with Gasteiger partial charge in [0.05, 0.1) is 0 Å². The zero-order chi connectivity index (χ0) is 8.82. The van der Waals surface area contributed by atoms with E-state index in [1.807, 2.05) is 0 Å². The predicted molar refractivity (Wildman–Crippen MR) is 21.8 cm³/mol. The van der Waals surface area contributed by atoms with Crippen LogP contribution in [0.3, 0.4) is 0 Å². The molecule has 9 heteroatoms. The summed E-state index contributed by atoms with van der Waals surface area (Å²) in [5.74, 6) is 0. The van der Waals surface area contributed by atoms with Gasteiger partial charge in [-0.3, -0.25) is 0 Å². The second kappa shape index (κ2) is 2.04. The Balaban J connectivity index is 1.77. The fourth-order valence-corrected chi connectivity index (χ4v) is 0.371. The van der Waals surface area contributed by atoms with Crippen LogP contribution in [0.25, 0.3) is 0 Å². The minimum Gasteiger partial charge on any atom is -0.348 e. The molecule has 0 radical (unpaired) electrons. The molecule has 2 aliphatic heterocycles. The number of ether oxygens (including phenoxy) is 2. The van der Waals surface area contributed by atoms with Gasteiger partial charge in [0.15, 0.2) is 0 Å². The SMILES string of the molecule is O=C(OC1(O)OO1)OC1(O)OO1. The summed E-state index contributed by atoms with van der Waals surface area (Å²) in [6.07, 6.45) is -6.35. The van der Waals surface area contributed by atoms with Crippen LogP contribution in [-0.4, -0.2) is 28.7 Å². The van der Waals surface area contributed by atoms with Crippen LogP contribution < -0.4 is 0 Å². The Hall–Kier alpha value is -0.970. The maximum atomic E-state index is 10.5. The number of carbonyl (C=O) groups is 1. The molecule has 68 valence electrons. The van der Waals surface area contributed by atoms with E-state index >= 15 is 0 Å². The topological polar surface area (TPSA) is 126 Å². The average Bonchev–Trinajstić information content (AvgIpc) is 2.76. The third-order valence-electron chi connectivity index (χ3n) is 0.876. The van der Waals surface area contributed by atoms with Crippen molar-refractivity contribution >= 4 is 6.16 Å². The summed E-state index contributed by atoms with van der Waals surface area (Å²) >= 11 is 0. The Morgan fingerprint density at radius 2 is 1.33 bits per heavy atom. The summed E-state index contributed by atoms with van der Waals surface area (Å²) < 4.78 is 7.79. The molecule has 0 unspecified atom stereocenters. The van der Waals surface area contributed by atoms with Gasteiger partial charge in [-0.2, -0.15) is 0 Å². The van der Waals surface area contributed by atoms with Gasteiger partial charge in [-0.05, 0) is 0 Å². The van der Waals surface area contributed by atoms with Gasteiger partial charge in [0, 0.05) is 0 Å². The van der Waals surface area contributed by atoms with Gasteiger partial charge in [-0.25, -0.2) is 4.79 Å². The van der Waals surface area contributed by atoms with E-state index in [4.69, 9.17) is 10.2 Å². The summed E-state index contributed by atoms with van der Waals surface area (Å²) in [7, 11) is 0. The number of hydrogen-bond acceptors (Lipinski definition) is 9. The van der Waals surface area contributed by atoms with E-state index < -0.39 is 18.5 Å². The van der Waals surface area contributed by atoms with E-state index in [2.05, 4.69) is 29.0 Å². The number of aliphatic hydroxyl groups is 2. The van der Waals surface area contributed by atoms with Crippen LogP contribution in [0.4, 0.5) is 4.79 Å². The second-order valence-electron chi connectivity index (χ2n) is 1.84. The smallest absolute Gasteiger partial charge is 0.348 e. The van der Waals surface area contributed by atoms with Crippen molar-refractivity contribution in [1.82, 2.24) is 0 Å². The summed E-state index contributed by atoms with van der Waals surface area (Å²) in [6.45, 7) is 0. The Bertz CT molecular complexity index is 192. The van der Waals surface area contributed by atoms with Gasteiger partial charge in [0.25, 0.3) is 0 Å². The summed E-state index contributed by atoms with van der Waals surface area (Å²) in [5.41, 5.74) is 0. The minimum absolute atomic E-state index is 1.49. The normalized spacial score (nSPS) is 27.5. The van der Waals surface area contributed by atoms with Crippen LogP contribution >= 0.6 is 0 Å². The maximum absolute atomic E-state index is 10.5. The van der Waals surface area contributed by atoms with Gasteiger partial charge in [-0.15, -0.1) is 19.6 Å². The molecule has 0 aromatic heterocycles. The molecule has 0 spiro atoms. The Labute approximate surface area is 63.7 Å². The van der Waals surface area contributed by atoms with Gasteiger partial charge >= 0.3 is 18.5 Å². The van der Waals surface area contributed by atoms with Gasteiger partial charge in [0.1, 0.15) is 0 Å². The van der Waals surface area contributed by atoms with E-state index in [0.717, 1.165) is 0 Å². The van der Waals surface area contributed by atoms with E-state index in [1.165, 1.54) is 0 Å². The molecule has 2 rings (SSSR count). The molecule has 2 saturated heterocycles. The van der Waals surface area contributed by atoms with Crippen molar-refractivity contribution in [2.45, 2.75) is 12.3 Å². The van der Waals surface area contributed by atoms with Crippen molar-refractivity contribution in [3.63, 3.8) is 0 Å². The lowest BCUT2D eigenvalue weighted by molar-refractivity contribution is -0.230. The van der Waals surface area contributed by atoms with E-state index in [9.17, 15) is 4.79 Å². The molecular weight excluding hydrogens is 180 g/mol. The lowest BCUT2D eigenvalue weighted by Gasteiger charge is -2.02. The van der Waals surface area contributed by atoms with E-state index in [-0.39, 0.29) is 0 Å². The summed E-state index contributed by atoms with van der Waals surface area (Å²) in [4.78, 5) is 25.6. The first-order chi connectivity index (χ1) is 5.52. The molecule has 9 nitrogen and oxygen atoms in total. The van der Waals surface area contributed by atoms with Gasteiger partial charge in [-0.1, -0.05) is 0 Å². The Kier molecular flexibility index (Phi) is 1.30. The zero-order valence-corrected chi connectivity index (χ0v) is 5.25. The van der Waals surface area contributed by atoms with Crippen molar-refractivity contribution in [2.75, 3.05) is 0 Å². The molecule has 12 heavy (non-hydrogen) atoms. The van der Waals surface area contributed by atoms with Crippen LogP contribution in [0, 0.1) is 0 Å². The van der Waals surface area contributed by atoms with Crippen molar-refractivity contribution in [1.29, 1.82) is 0 Å². The summed E-state index contributed by atoms with van der Waals surface area (Å²) in [6, 6.07) is 0. The molecule has 2 heterocycles. The highest BCUT2D eigenvalue weighted by molar-refractivity contribution is 5.60. The molecule has 0 aromatic carbocycles. The molecule has 0 atom stereocenters. The molecule has 0 saturated carbocycles. The van der Waals surface area contributed by atoms with E-state index in [0.29, 0.717) is 0 Å². The highest BCUT2D eigenvalue weighted by atomic mass is 17.5. The van der Waals surface area contributed by atoms with E-state index in [1.54, 1.807) is 0 Å². The number of rotatable bonds is 2. The highest BCUT2D eigenvalue weighted by Gasteiger charge is 2.58. The number of carbonyl (C=O) groups excluding carboxylic acids is 1. The van der Waals surface area contributed by atoms with Crippen LogP contribution in [0.5, 0.6) is 0 Å². The van der Waals surface area contributed by atoms with Crippen molar-refractivity contribution in [2.24, 2.45) is 0 Å². The van der Waals surface area contributed by atoms with Crippen LogP contribution in [-0.2, 0) is 29.0 Å². The molecule has 0 bridgehead atoms. The average molecular weight is 182 g/mol. The third kappa shape index (κ3) is 1.61. The van der Waals surface area contributed by atoms with Gasteiger partial charge < -0.3 is 19.7 Å². The fraction of sp³-hybridized carbons (Fsp3) is 0.667.